The van der Waals surface area contributed by atoms with E-state index in [2.05, 4.69) is 4.90 Å². The molecule has 1 aromatic rings. The topological polar surface area (TPSA) is 150 Å². The molecule has 1 heterocycles. The zero-order valence-corrected chi connectivity index (χ0v) is 22.5. The number of benzene rings is 1. The highest BCUT2D eigenvalue weighted by Gasteiger charge is 2.61. The van der Waals surface area contributed by atoms with E-state index < -0.39 is 46.2 Å². The Labute approximate surface area is 225 Å². The van der Waals surface area contributed by atoms with E-state index in [0.717, 1.165) is 37.1 Å². The Morgan fingerprint density at radius 2 is 1.87 bits per heavy atom. The number of hydrogen-bond donors (Lipinski definition) is 4. The summed E-state index contributed by atoms with van der Waals surface area (Å²) in [6.45, 7) is 2.65. The number of primary amides is 1. The van der Waals surface area contributed by atoms with Crippen molar-refractivity contribution in [3.05, 3.63) is 45.2 Å². The first-order valence-electron chi connectivity index (χ1n) is 13.0. The predicted octanol–water partition coefficient (Wildman–Crippen LogP) is 2.93. The summed E-state index contributed by atoms with van der Waals surface area (Å²) in [6.07, 6.45) is 5.88. The number of rotatable bonds is 6. The van der Waals surface area contributed by atoms with Crippen LogP contribution in [-0.4, -0.2) is 69.7 Å². The average molecular weight is 543 g/mol. The third-order valence-corrected chi connectivity index (χ3v) is 9.27. The highest BCUT2D eigenvalue weighted by molar-refractivity contribution is 7.97. The van der Waals surface area contributed by atoms with E-state index in [1.54, 1.807) is 11.8 Å². The number of aliphatic hydroxyl groups excluding tert-OH is 2. The Kier molecular flexibility index (Phi) is 7.08. The summed E-state index contributed by atoms with van der Waals surface area (Å²) in [6, 6.07) is 2.01. The van der Waals surface area contributed by atoms with Gasteiger partial charge in [0.15, 0.2) is 11.4 Å². The van der Waals surface area contributed by atoms with E-state index in [1.165, 1.54) is 13.5 Å². The lowest BCUT2D eigenvalue weighted by molar-refractivity contribution is -0.153. The molecule has 9 nitrogen and oxygen atoms in total. The number of phenols is 1. The van der Waals surface area contributed by atoms with Crippen LogP contribution < -0.4 is 5.73 Å². The largest absolute Gasteiger partial charge is 0.508 e. The fourth-order valence-electron chi connectivity index (χ4n) is 6.93. The van der Waals surface area contributed by atoms with Crippen molar-refractivity contribution in [2.75, 3.05) is 26.5 Å². The number of ether oxygens (including phenoxy) is 1. The van der Waals surface area contributed by atoms with Crippen molar-refractivity contribution in [3.8, 4) is 5.75 Å². The molecule has 1 saturated carbocycles. The van der Waals surface area contributed by atoms with Crippen LogP contribution in [0.25, 0.3) is 5.76 Å². The van der Waals surface area contributed by atoms with Crippen molar-refractivity contribution in [2.24, 2.45) is 17.6 Å². The molecular formula is C28H34N2O7S. The molecule has 2 fully saturated rings. The van der Waals surface area contributed by atoms with Crippen LogP contribution in [0.2, 0.25) is 0 Å². The van der Waals surface area contributed by atoms with Gasteiger partial charge in [-0.25, -0.2) is 0 Å². The second kappa shape index (κ2) is 10.1. The highest BCUT2D eigenvalue weighted by atomic mass is 32.2. The van der Waals surface area contributed by atoms with Crippen LogP contribution >= 0.6 is 11.8 Å². The molecule has 0 bridgehead atoms. The molecule has 0 aromatic heterocycles. The van der Waals surface area contributed by atoms with Gasteiger partial charge in [0, 0.05) is 42.9 Å². The number of methoxy groups -OCH3 is 1. The average Bonchev–Trinajstić information content (AvgIpc) is 2.87. The summed E-state index contributed by atoms with van der Waals surface area (Å²) in [7, 11) is 1.23. The molecule has 5 N–H and O–H groups in total. The highest BCUT2D eigenvalue weighted by Crippen LogP contribution is 2.54. The number of thioether (sulfide) groups is 1. The number of aromatic hydroxyl groups is 1. The van der Waals surface area contributed by atoms with E-state index in [0.29, 0.717) is 24.3 Å². The van der Waals surface area contributed by atoms with Gasteiger partial charge in [-0.3, -0.25) is 19.3 Å². The molecule has 0 radical (unpaired) electrons. The van der Waals surface area contributed by atoms with Crippen molar-refractivity contribution in [2.45, 2.75) is 56.4 Å². The van der Waals surface area contributed by atoms with Gasteiger partial charge in [0.25, 0.3) is 5.91 Å². The summed E-state index contributed by atoms with van der Waals surface area (Å²) >= 11 is 1.55. The van der Waals surface area contributed by atoms with Crippen LogP contribution in [0.5, 0.6) is 5.75 Å². The quantitative estimate of drug-likeness (QED) is 0.398. The van der Waals surface area contributed by atoms with E-state index >= 15 is 0 Å². The molecule has 5 rings (SSSR count). The van der Waals surface area contributed by atoms with Crippen molar-refractivity contribution < 1.29 is 34.4 Å². The third-order valence-electron chi connectivity index (χ3n) is 8.67. The third kappa shape index (κ3) is 3.96. The second-order valence-electron chi connectivity index (χ2n) is 10.7. The second-order valence-corrected chi connectivity index (χ2v) is 11.6. The van der Waals surface area contributed by atoms with Crippen LogP contribution in [0.4, 0.5) is 0 Å². The Hall–Kier alpha value is -2.82. The zero-order chi connectivity index (χ0) is 27.4. The Bertz CT molecular complexity index is 1280. The maximum absolute atomic E-state index is 14.1. The Balaban J connectivity index is 1.68. The normalized spacial score (nSPS) is 27.7. The van der Waals surface area contributed by atoms with E-state index in [1.807, 2.05) is 12.3 Å². The minimum absolute atomic E-state index is 0.0424. The number of phenolic OH excluding ortho intramolecular Hbond substituents is 1. The molecule has 0 unspecified atom stereocenters. The van der Waals surface area contributed by atoms with Crippen molar-refractivity contribution >= 4 is 35.0 Å². The minimum atomic E-state index is -2.00. The van der Waals surface area contributed by atoms with Crippen molar-refractivity contribution in [1.82, 2.24) is 4.90 Å². The minimum Gasteiger partial charge on any atom is -0.508 e. The monoisotopic (exact) mass is 542 g/mol. The van der Waals surface area contributed by atoms with Crippen LogP contribution in [0.15, 0.2) is 23.0 Å². The maximum Gasteiger partial charge on any atom is 0.255 e. The summed E-state index contributed by atoms with van der Waals surface area (Å²) in [5, 5.41) is 33.9. The first kappa shape index (κ1) is 26.8. The summed E-state index contributed by atoms with van der Waals surface area (Å²) in [5.74, 6) is -4.29. The fraction of sp³-hybridized carbons (Fsp3) is 0.536. The van der Waals surface area contributed by atoms with Crippen molar-refractivity contribution in [1.29, 1.82) is 0 Å². The van der Waals surface area contributed by atoms with Gasteiger partial charge in [0.1, 0.15) is 22.8 Å². The number of carbonyl (C=O) groups is 3. The fourth-order valence-corrected chi connectivity index (χ4v) is 7.46. The molecule has 0 spiro atoms. The summed E-state index contributed by atoms with van der Waals surface area (Å²) in [4.78, 5) is 41.2. The van der Waals surface area contributed by atoms with Gasteiger partial charge < -0.3 is 25.8 Å². The molecule has 3 aliphatic carbocycles. The molecule has 4 aliphatic rings. The van der Waals surface area contributed by atoms with E-state index in [-0.39, 0.29) is 35.5 Å². The number of carbonyl (C=O) groups excluding carboxylic acids is 3. The maximum atomic E-state index is 14.1. The molecule has 1 saturated heterocycles. The van der Waals surface area contributed by atoms with Gasteiger partial charge in [0.2, 0.25) is 5.78 Å². The van der Waals surface area contributed by atoms with E-state index in [4.69, 9.17) is 10.5 Å². The lowest BCUT2D eigenvalue weighted by Crippen LogP contribution is -2.59. The summed E-state index contributed by atoms with van der Waals surface area (Å²) < 4.78 is 5.60. The number of likely N-dealkylation sites (tertiary alicyclic amines) is 1. The lowest BCUT2D eigenvalue weighted by atomic mass is 9.59. The molecular weight excluding hydrogens is 508 g/mol. The van der Waals surface area contributed by atoms with Crippen LogP contribution in [-0.2, 0) is 37.8 Å². The van der Waals surface area contributed by atoms with Gasteiger partial charge in [-0.15, -0.1) is 0 Å². The number of hydrogen-bond acceptors (Lipinski definition) is 9. The molecule has 10 heteroatoms. The number of Topliss-reactive ketones (excluding diaryl/α,β-unsaturated/α-hetero) is 2. The van der Waals surface area contributed by atoms with Gasteiger partial charge in [-0.05, 0) is 68.1 Å². The standard InChI is InChI=1S/C28H34N2O7S/c1-37-28-17(11-19(31)22(26(28)35)27(29)36)9-14-10-18-15(12-30-6-4-3-5-7-30)8-16(13-38-2)23(32)21(18)24(33)20(14)25(28)34/h8,14,17,32-33,35H,3-7,9-13H2,1-2H3,(H2,29,36)/t14-,17+,28+/m1/s1. The molecule has 204 valence electrons. The van der Waals surface area contributed by atoms with Gasteiger partial charge in [-0.2, -0.15) is 11.8 Å². The molecule has 38 heavy (non-hydrogen) atoms. The zero-order valence-electron chi connectivity index (χ0n) is 21.7. The Morgan fingerprint density at radius 1 is 1.16 bits per heavy atom. The van der Waals surface area contributed by atoms with Gasteiger partial charge in [0.05, 0.1) is 5.56 Å². The smallest absolute Gasteiger partial charge is 0.255 e. The number of ketones is 2. The molecule has 1 aliphatic heterocycles. The Morgan fingerprint density at radius 3 is 2.50 bits per heavy atom. The number of piperidine rings is 1. The predicted molar refractivity (Wildman–Crippen MR) is 143 cm³/mol. The first-order valence-corrected chi connectivity index (χ1v) is 14.4. The number of aliphatic hydroxyl groups is 2. The van der Waals surface area contributed by atoms with E-state index in [9.17, 15) is 29.7 Å². The van der Waals surface area contributed by atoms with Crippen LogP contribution in [0, 0.1) is 11.8 Å². The molecule has 1 amide bonds. The molecule has 1 aromatic carbocycles. The number of fused-ring (bicyclic) bond motifs is 3. The summed E-state index contributed by atoms with van der Waals surface area (Å²) in [5.41, 5.74) is 5.52. The lowest BCUT2D eigenvalue weighted by Gasteiger charge is -2.48. The first-order chi connectivity index (χ1) is 18.1. The van der Waals surface area contributed by atoms with Gasteiger partial charge in [-0.1, -0.05) is 6.42 Å². The number of amides is 1. The number of nitrogens with zero attached hydrogens (tertiary/aromatic N) is 1. The van der Waals surface area contributed by atoms with Crippen molar-refractivity contribution in [3.63, 3.8) is 0 Å². The molecule has 3 atom stereocenters. The van der Waals surface area contributed by atoms with Crippen LogP contribution in [0.3, 0.4) is 0 Å². The number of nitrogens with two attached hydrogens (primary N) is 1. The van der Waals surface area contributed by atoms with Crippen LogP contribution in [0.1, 0.15) is 54.4 Å². The SMILES string of the molecule is CO[C@]12C(=O)C3=C(O)c4c(O)c(CSC)cc(CN5CCCCC5)c4C[C@H]3C[C@H]1CC(=O)C(C(N)=O)=C2O. The van der Waals surface area contributed by atoms with Gasteiger partial charge >= 0.3 is 0 Å².